The van der Waals surface area contributed by atoms with Gasteiger partial charge in [-0.2, -0.15) is 0 Å². The van der Waals surface area contributed by atoms with Crippen LogP contribution in [0.25, 0.3) is 0 Å². The molecule has 3 aliphatic rings. The molecule has 2 aromatic rings. The lowest BCUT2D eigenvalue weighted by molar-refractivity contribution is -0.184. The van der Waals surface area contributed by atoms with Crippen molar-refractivity contribution in [2.75, 3.05) is 19.7 Å². The zero-order chi connectivity index (χ0) is 24.0. The molecule has 3 aliphatic heterocycles. The average Bonchev–Trinajstić information content (AvgIpc) is 2.81. The van der Waals surface area contributed by atoms with Gasteiger partial charge in [0, 0.05) is 42.1 Å². The number of amides is 1. The number of carboxylic acid groups (broad SMARTS) is 1. The number of likely N-dealkylation sites (tertiary alicyclic amines) is 1. The Morgan fingerprint density at radius 1 is 1.21 bits per heavy atom. The molecule has 0 unspecified atom stereocenters. The fourth-order valence-corrected chi connectivity index (χ4v) is 5.52. The van der Waals surface area contributed by atoms with Crippen molar-refractivity contribution in [2.45, 2.75) is 44.5 Å². The Bertz CT molecular complexity index is 1110. The molecule has 0 spiro atoms. The van der Waals surface area contributed by atoms with E-state index in [0.29, 0.717) is 30.2 Å². The van der Waals surface area contributed by atoms with Gasteiger partial charge in [-0.3, -0.25) is 4.79 Å². The topological polar surface area (TPSA) is 106 Å². The minimum atomic E-state index is -1.07. The lowest BCUT2D eigenvalue weighted by atomic mass is 9.70. The highest BCUT2D eigenvalue weighted by atomic mass is 16.5. The summed E-state index contributed by atoms with van der Waals surface area (Å²) >= 11 is 0. The van der Waals surface area contributed by atoms with Crippen molar-refractivity contribution in [3.8, 4) is 17.2 Å². The van der Waals surface area contributed by atoms with E-state index in [2.05, 4.69) is 13.8 Å². The van der Waals surface area contributed by atoms with E-state index >= 15 is 0 Å². The third-order valence-corrected chi connectivity index (χ3v) is 7.21. The largest absolute Gasteiger partial charge is 0.508 e. The number of carbonyl (C=O) groups excluding carboxylic acids is 1. The number of benzene rings is 2. The van der Waals surface area contributed by atoms with Crippen molar-refractivity contribution in [3.05, 3.63) is 53.6 Å². The zero-order valence-corrected chi connectivity index (χ0v) is 19.3. The van der Waals surface area contributed by atoms with Gasteiger partial charge >= 0.3 is 5.97 Å². The number of aromatic hydroxyl groups is 1. The summed E-state index contributed by atoms with van der Waals surface area (Å²) < 4.78 is 18.1. The number of ether oxygens (including phenoxy) is 3. The average molecular weight is 468 g/mol. The maximum absolute atomic E-state index is 13.2. The summed E-state index contributed by atoms with van der Waals surface area (Å²) in [7, 11) is 0. The molecule has 2 fully saturated rings. The van der Waals surface area contributed by atoms with Crippen molar-refractivity contribution in [3.63, 3.8) is 0 Å². The second kappa shape index (κ2) is 8.51. The smallest absolute Gasteiger partial charge is 0.341 e. The number of rotatable bonds is 4. The van der Waals surface area contributed by atoms with Gasteiger partial charge in [-0.1, -0.05) is 6.07 Å². The second-order valence-corrected chi connectivity index (χ2v) is 9.88. The molecular weight excluding hydrogens is 438 g/mol. The minimum Gasteiger partial charge on any atom is -0.508 e. The number of hydrogen-bond donors (Lipinski definition) is 2. The maximum atomic E-state index is 13.2. The molecule has 0 bridgehead atoms. The summed E-state index contributed by atoms with van der Waals surface area (Å²) in [4.78, 5) is 25.9. The van der Waals surface area contributed by atoms with Crippen LogP contribution in [0.1, 0.15) is 48.7 Å². The van der Waals surface area contributed by atoms with Crippen LogP contribution in [0.15, 0.2) is 42.5 Å². The number of nitrogens with zero attached hydrogens (tertiary/aromatic N) is 1. The van der Waals surface area contributed by atoms with E-state index < -0.39 is 18.2 Å². The Labute approximate surface area is 198 Å². The highest BCUT2D eigenvalue weighted by Crippen LogP contribution is 2.53. The molecule has 3 heterocycles. The molecule has 4 atom stereocenters. The van der Waals surface area contributed by atoms with E-state index in [9.17, 15) is 14.7 Å². The van der Waals surface area contributed by atoms with Crippen LogP contribution in [0.2, 0.25) is 0 Å². The highest BCUT2D eigenvalue weighted by Gasteiger charge is 2.51. The summed E-state index contributed by atoms with van der Waals surface area (Å²) in [5, 5.41) is 18.7. The van der Waals surface area contributed by atoms with E-state index in [-0.39, 0.29) is 35.7 Å². The second-order valence-electron chi connectivity index (χ2n) is 9.88. The molecule has 180 valence electrons. The van der Waals surface area contributed by atoms with Gasteiger partial charge in [0.25, 0.3) is 5.91 Å². The molecule has 0 aromatic heterocycles. The van der Waals surface area contributed by atoms with Gasteiger partial charge in [0.2, 0.25) is 0 Å². The molecule has 5 rings (SSSR count). The number of aliphatic carboxylic acids is 1. The third kappa shape index (κ3) is 4.18. The molecule has 34 heavy (non-hydrogen) atoms. The molecule has 2 aromatic carbocycles. The Morgan fingerprint density at radius 3 is 2.82 bits per heavy atom. The molecule has 0 aliphatic carbocycles. The van der Waals surface area contributed by atoms with Gasteiger partial charge in [-0.25, -0.2) is 4.79 Å². The fourth-order valence-electron chi connectivity index (χ4n) is 5.52. The summed E-state index contributed by atoms with van der Waals surface area (Å²) in [5.41, 5.74) is 0.974. The SMILES string of the molecule is CC1(C)Oc2cc(O)ccc2[C@@H]2O[C@@H]3CCN(C(=O)c4cccc(OCC(=O)O)c4)C[C@H]3C[C@H]21. The van der Waals surface area contributed by atoms with Crippen LogP contribution in [-0.4, -0.2) is 58.4 Å². The van der Waals surface area contributed by atoms with Crippen molar-refractivity contribution in [2.24, 2.45) is 11.8 Å². The number of phenols is 1. The maximum Gasteiger partial charge on any atom is 0.341 e. The van der Waals surface area contributed by atoms with Crippen LogP contribution < -0.4 is 9.47 Å². The van der Waals surface area contributed by atoms with Crippen LogP contribution in [0.4, 0.5) is 0 Å². The van der Waals surface area contributed by atoms with Crippen molar-refractivity contribution in [1.82, 2.24) is 4.90 Å². The molecule has 2 saturated heterocycles. The Balaban J connectivity index is 1.31. The molecule has 2 N–H and O–H groups in total. The van der Waals surface area contributed by atoms with Crippen LogP contribution in [0.5, 0.6) is 17.2 Å². The van der Waals surface area contributed by atoms with Gasteiger partial charge in [-0.15, -0.1) is 0 Å². The van der Waals surface area contributed by atoms with Gasteiger partial charge in [-0.05, 0) is 57.0 Å². The van der Waals surface area contributed by atoms with Crippen molar-refractivity contribution < 1.29 is 34.0 Å². The zero-order valence-electron chi connectivity index (χ0n) is 19.3. The molecule has 1 amide bonds. The molecule has 8 heteroatoms. The normalized spacial score (nSPS) is 26.9. The van der Waals surface area contributed by atoms with Crippen LogP contribution in [-0.2, 0) is 9.53 Å². The lowest BCUT2D eigenvalue weighted by Crippen LogP contribution is -2.56. The molecule has 8 nitrogen and oxygen atoms in total. The van der Waals surface area contributed by atoms with Crippen molar-refractivity contribution in [1.29, 1.82) is 0 Å². The predicted octanol–water partition coefficient (Wildman–Crippen LogP) is 3.64. The first kappa shape index (κ1) is 22.5. The number of hydrogen-bond acceptors (Lipinski definition) is 6. The van der Waals surface area contributed by atoms with E-state index in [1.54, 1.807) is 36.4 Å². The predicted molar refractivity (Wildman–Crippen MR) is 122 cm³/mol. The minimum absolute atomic E-state index is 0.0473. The Morgan fingerprint density at radius 2 is 2.03 bits per heavy atom. The number of piperidine rings is 1. The quantitative estimate of drug-likeness (QED) is 0.707. The van der Waals surface area contributed by atoms with E-state index in [1.807, 2.05) is 11.0 Å². The van der Waals surface area contributed by atoms with Gasteiger partial charge in [0.15, 0.2) is 6.61 Å². The lowest BCUT2D eigenvalue weighted by Gasteiger charge is -2.53. The van der Waals surface area contributed by atoms with Gasteiger partial charge in [0.1, 0.15) is 22.8 Å². The first-order chi connectivity index (χ1) is 16.2. The third-order valence-electron chi connectivity index (χ3n) is 7.21. The standard InChI is InChI=1S/C26H29NO7/c1-26(2)20-11-16-13-27(25(31)15-4-3-5-18(10-15)32-14-23(29)30)9-8-21(16)33-24(20)19-7-6-17(28)12-22(19)34-26/h3-7,10,12,16,20-21,24,28H,8-9,11,13-14H2,1-2H3,(H,29,30)/t16-,20-,21-,24+/m1/s1. The molecular formula is C26H29NO7. The summed E-state index contributed by atoms with van der Waals surface area (Å²) in [6.45, 7) is 4.82. The van der Waals surface area contributed by atoms with E-state index in [4.69, 9.17) is 19.3 Å². The Hall–Kier alpha value is -3.26. The van der Waals surface area contributed by atoms with Gasteiger partial charge in [0.05, 0.1) is 12.2 Å². The summed E-state index contributed by atoms with van der Waals surface area (Å²) in [5.74, 6) is 0.344. The number of carboxylic acids is 1. The van der Waals surface area contributed by atoms with Crippen LogP contribution in [0.3, 0.4) is 0 Å². The fraction of sp³-hybridized carbons (Fsp3) is 0.462. The monoisotopic (exact) mass is 467 g/mol. The van der Waals surface area contributed by atoms with Crippen molar-refractivity contribution >= 4 is 11.9 Å². The number of carbonyl (C=O) groups is 2. The summed E-state index contributed by atoms with van der Waals surface area (Å²) in [6, 6.07) is 11.9. The van der Waals surface area contributed by atoms with Gasteiger partial charge < -0.3 is 29.3 Å². The molecule has 0 saturated carbocycles. The van der Waals surface area contributed by atoms with Crippen LogP contribution >= 0.6 is 0 Å². The summed E-state index contributed by atoms with van der Waals surface area (Å²) in [6.07, 6.45) is 1.55. The highest BCUT2D eigenvalue weighted by molar-refractivity contribution is 5.94. The molecule has 0 radical (unpaired) electrons. The first-order valence-corrected chi connectivity index (χ1v) is 11.6. The van der Waals surface area contributed by atoms with E-state index in [1.165, 1.54) is 0 Å². The number of fused-ring (bicyclic) bond motifs is 4. The Kier molecular flexibility index (Phi) is 5.64. The van der Waals surface area contributed by atoms with Crippen LogP contribution in [0, 0.1) is 11.8 Å². The first-order valence-electron chi connectivity index (χ1n) is 11.6. The van der Waals surface area contributed by atoms with E-state index in [0.717, 1.165) is 18.4 Å². The number of phenolic OH excluding ortho intramolecular Hbond substituents is 1.